The Kier molecular flexibility index (Phi) is 16.1. The third kappa shape index (κ3) is 9.18. The van der Waals surface area contributed by atoms with Crippen molar-refractivity contribution >= 4 is 256 Å². The van der Waals surface area contributed by atoms with E-state index in [1.165, 1.54) is 0 Å². The summed E-state index contributed by atoms with van der Waals surface area (Å²) in [5, 5.41) is -11.9. The number of carbonyl (C=O) groups excluding carboxylic acids is 1. The topological polar surface area (TPSA) is 58.4 Å². The van der Waals surface area contributed by atoms with Crippen LogP contribution >= 0.6 is 11.8 Å². The van der Waals surface area contributed by atoms with Gasteiger partial charge in [0, 0.05) is 41.8 Å². The molecule has 69 heavy (non-hydrogen) atoms. The molecule has 1 aromatic heterocycles. The molecule has 5 rings (SSSR count). The maximum Gasteiger partial charge on any atom is 0.415 e. The van der Waals surface area contributed by atoms with Crippen LogP contribution < -0.4 is 71.1 Å². The third-order valence-corrected chi connectivity index (χ3v) is 13.4. The van der Waals surface area contributed by atoms with Crippen molar-refractivity contribution in [3.63, 3.8) is 0 Å². The van der Waals surface area contributed by atoms with Gasteiger partial charge in [0.25, 0.3) is 5.56 Å². The molecule has 0 fully saturated rings. The van der Waals surface area contributed by atoms with E-state index >= 15 is 4.79 Å². The van der Waals surface area contributed by atoms with Gasteiger partial charge in [-0.2, -0.15) is 18.2 Å². The number of likely N-dealkylation sites (N-methyl/N-ethyl adjacent to an activating group) is 1. The quantitative estimate of drug-likeness (QED) is 0.0579. The summed E-state index contributed by atoms with van der Waals surface area (Å²) < 4.78 is 54.9. The molecule has 1 aliphatic rings. The molecule has 1 aliphatic carbocycles. The van der Waals surface area contributed by atoms with Crippen molar-refractivity contribution in [2.24, 2.45) is 0 Å². The molecule has 33 heteroatoms. The Morgan fingerprint density at radius 3 is 1.48 bits per heavy atom. The molecule has 3 aromatic carbocycles. The first-order valence-corrected chi connectivity index (χ1v) is 20.9. The second-order valence-corrected chi connectivity index (χ2v) is 17.8. The number of hydrogen-bond acceptors (Lipinski definition) is 5. The summed E-state index contributed by atoms with van der Waals surface area (Å²) >= 11 is 0.185. The standard InChI is InChI=1S/C36H16B22F4N4O2S/c1-3-64(4-2)5-6-65(7-8-14(37)16(39)9(17(40)15(8)38)10-18(41)22(45)12(35(60,61)62)23(46)19(10)42)29(68)33(53,54)66-27-13(31(49,50)36(57,58)32(27,51)52)28(67)63-30(66)69-34(55,56)11-20(43)24(47)26(59)25(48)21(11)44/h3-7H2,1-2H3. The SMILES string of the molecule is [B]c1c([B])c(C([B])([B])Sc2nc(=O)c3c(n2C([B])([B])C(=O)N(CCN(CC)CC)Cc2c([B])c([B])c(-c4c([B])c([B])c(C(F)(F)F)c([B])c4[B])c([B])c2[B])C([B])([B])C([B])([B])C3([B])[B])c([B])c([B])c1F. The first kappa shape index (κ1) is 57.4. The van der Waals surface area contributed by atoms with Crippen LogP contribution in [0.5, 0.6) is 0 Å². The fourth-order valence-electron chi connectivity index (χ4n) is 8.16. The molecular weight excluding hydrogens is 866 g/mol. The van der Waals surface area contributed by atoms with Gasteiger partial charge in [0.2, 0.25) is 5.91 Å². The maximum absolute atomic E-state index is 15.4. The second kappa shape index (κ2) is 19.4. The lowest BCUT2D eigenvalue weighted by Crippen LogP contribution is -2.58. The molecule has 0 N–H and O–H groups in total. The molecule has 292 valence electrons. The number of halogens is 4. The normalized spacial score (nSPS) is 15.3. The van der Waals surface area contributed by atoms with Gasteiger partial charge in [0.05, 0.1) is 62.8 Å². The van der Waals surface area contributed by atoms with Gasteiger partial charge in [-0.15, -0.1) is 5.21 Å². The molecule has 4 aromatic rings. The Morgan fingerprint density at radius 1 is 0.638 bits per heavy atom. The minimum absolute atomic E-state index is 0.0960. The highest BCUT2D eigenvalue weighted by Gasteiger charge is 2.58. The zero-order valence-corrected chi connectivity index (χ0v) is 38.1. The number of alkyl halides is 3. The highest BCUT2D eigenvalue weighted by Crippen LogP contribution is 2.58. The van der Waals surface area contributed by atoms with Gasteiger partial charge in [-0.3, -0.25) is 9.59 Å². The number of thioether (sulfide) groups is 1. The summed E-state index contributed by atoms with van der Waals surface area (Å²) in [6.45, 7) is 3.74. The molecular formula is C36H16B22F4N4O2S. The Labute approximate surface area is 433 Å². The van der Waals surface area contributed by atoms with Crippen molar-refractivity contribution in [1.82, 2.24) is 19.4 Å². The average Bonchev–Trinajstić information content (AvgIpc) is 3.34. The molecule has 0 atom stereocenters. The molecule has 0 saturated carbocycles. The van der Waals surface area contributed by atoms with Crippen LogP contribution in [-0.4, -0.2) is 224 Å². The molecule has 1 heterocycles. The lowest BCUT2D eigenvalue weighted by molar-refractivity contribution is -0.136. The monoisotopic (exact) mass is 886 g/mol. The lowest BCUT2D eigenvalue weighted by Gasteiger charge is -2.48. The fraction of sp³-hybridized carbons (Fsp3) is 0.361. The van der Waals surface area contributed by atoms with Gasteiger partial charge in [0.15, 0.2) is 5.16 Å². The predicted molar refractivity (Wildman–Crippen MR) is 289 cm³/mol. The molecule has 0 bridgehead atoms. The number of amides is 1. The van der Waals surface area contributed by atoms with Crippen molar-refractivity contribution in [3.05, 3.63) is 44.1 Å². The Hall–Kier alpha value is -2.53. The van der Waals surface area contributed by atoms with E-state index in [2.05, 4.69) is 4.98 Å². The van der Waals surface area contributed by atoms with Gasteiger partial charge in [-0.1, -0.05) is 107 Å². The van der Waals surface area contributed by atoms with Crippen LogP contribution in [0, 0.1) is 5.82 Å². The van der Waals surface area contributed by atoms with Crippen molar-refractivity contribution in [2.45, 2.75) is 57.2 Å². The number of carbonyl (C=O) groups is 1. The molecule has 1 amide bonds. The molecule has 0 unspecified atom stereocenters. The third-order valence-electron chi connectivity index (χ3n) is 12.4. The first-order chi connectivity index (χ1) is 31.3. The fourth-order valence-corrected chi connectivity index (χ4v) is 9.25. The zero-order chi connectivity index (χ0) is 53.0. The number of benzene rings is 3. The van der Waals surface area contributed by atoms with Crippen LogP contribution in [0.15, 0.2) is 9.95 Å². The number of rotatable bonds is 13. The number of fused-ring (bicyclic) bond motifs is 1. The summed E-state index contributed by atoms with van der Waals surface area (Å²) in [6.07, 6.45) is -5.09. The van der Waals surface area contributed by atoms with E-state index in [0.29, 0.717) is 17.7 Å². The molecule has 0 spiro atoms. The zero-order valence-electron chi connectivity index (χ0n) is 37.3. The van der Waals surface area contributed by atoms with Crippen molar-refractivity contribution in [3.8, 4) is 11.1 Å². The van der Waals surface area contributed by atoms with Crippen LogP contribution in [0.3, 0.4) is 0 Å². The minimum atomic E-state index is -5.09. The molecule has 0 aliphatic heterocycles. The minimum Gasteiger partial charge on any atom is -0.336 e. The Bertz CT molecular complexity index is 2770. The summed E-state index contributed by atoms with van der Waals surface area (Å²) in [6, 6.07) is 0. The maximum atomic E-state index is 15.4. The van der Waals surface area contributed by atoms with Crippen LogP contribution in [0.1, 0.15) is 41.8 Å². The Balaban J connectivity index is 1.81. The first-order valence-electron chi connectivity index (χ1n) is 20.1. The summed E-state index contributed by atoms with van der Waals surface area (Å²) in [5.41, 5.74) is -13.5. The van der Waals surface area contributed by atoms with E-state index in [-0.39, 0.29) is 36.0 Å². The van der Waals surface area contributed by atoms with Crippen molar-refractivity contribution < 1.29 is 22.4 Å². The molecule has 44 radical (unpaired) electrons. The van der Waals surface area contributed by atoms with E-state index < -0.39 is 154 Å². The van der Waals surface area contributed by atoms with Gasteiger partial charge in [0.1, 0.15) is 116 Å². The number of hydrogen-bond donors (Lipinski definition) is 0. The highest BCUT2D eigenvalue weighted by atomic mass is 32.2. The Morgan fingerprint density at radius 2 is 1.06 bits per heavy atom. The van der Waals surface area contributed by atoms with Gasteiger partial charge in [-0.25, -0.2) is 4.39 Å². The van der Waals surface area contributed by atoms with Gasteiger partial charge >= 0.3 is 6.18 Å². The summed E-state index contributed by atoms with van der Waals surface area (Å²) in [5.74, 6) is -2.49. The van der Waals surface area contributed by atoms with Crippen LogP contribution in [0.2, 0.25) is 5.21 Å². The van der Waals surface area contributed by atoms with Crippen LogP contribution in [0.4, 0.5) is 17.6 Å². The van der Waals surface area contributed by atoms with Crippen molar-refractivity contribution in [1.29, 1.82) is 0 Å². The lowest BCUT2D eigenvalue weighted by atomic mass is 9.20. The van der Waals surface area contributed by atoms with E-state index in [1.807, 2.05) is 18.7 Å². The summed E-state index contributed by atoms with van der Waals surface area (Å²) in [4.78, 5) is 36.4. The van der Waals surface area contributed by atoms with Gasteiger partial charge < -0.3 is 14.4 Å². The van der Waals surface area contributed by atoms with Gasteiger partial charge in [-0.05, 0) is 34.3 Å². The molecule has 0 saturated heterocycles. The number of aromatic nitrogens is 2. The second-order valence-electron chi connectivity index (χ2n) is 16.6. The van der Waals surface area contributed by atoms with E-state index in [4.69, 9.17) is 173 Å². The largest absolute Gasteiger partial charge is 0.415 e. The average molecular weight is 882 g/mol. The van der Waals surface area contributed by atoms with E-state index in [1.54, 1.807) is 0 Å². The predicted octanol–water partition coefficient (Wildman–Crippen LogP) is -12.4. The van der Waals surface area contributed by atoms with E-state index in [9.17, 15) is 22.4 Å². The van der Waals surface area contributed by atoms with Crippen LogP contribution in [0.25, 0.3) is 11.1 Å². The molecule has 6 nitrogen and oxygen atoms in total. The van der Waals surface area contributed by atoms with Crippen LogP contribution in [-0.2, 0) is 37.8 Å². The summed E-state index contributed by atoms with van der Waals surface area (Å²) in [7, 11) is 140. The van der Waals surface area contributed by atoms with E-state index in [0.717, 1.165) is 4.90 Å². The smallest absolute Gasteiger partial charge is 0.336 e. The number of nitrogens with zero attached hydrogens (tertiary/aromatic N) is 4. The highest BCUT2D eigenvalue weighted by molar-refractivity contribution is 8.02. The van der Waals surface area contributed by atoms with Crippen molar-refractivity contribution in [2.75, 3.05) is 26.2 Å².